The van der Waals surface area contributed by atoms with E-state index in [9.17, 15) is 0 Å². The van der Waals surface area contributed by atoms with Gasteiger partial charge in [0.25, 0.3) is 0 Å². The molecule has 0 amide bonds. The van der Waals surface area contributed by atoms with E-state index in [0.717, 1.165) is 26.1 Å². The molecule has 0 aliphatic carbocycles. The summed E-state index contributed by atoms with van der Waals surface area (Å²) in [6, 6.07) is 9.90. The molecule has 0 heterocycles. The summed E-state index contributed by atoms with van der Waals surface area (Å²) in [6.07, 6.45) is 0.998. The molecule has 0 aromatic heterocycles. The Morgan fingerprint density at radius 2 is 2.11 bits per heavy atom. The van der Waals surface area contributed by atoms with E-state index < -0.39 is 0 Å². The first-order chi connectivity index (χ1) is 9.26. The SMILES string of the molecule is COCCOCCCN(C)Cc1cccc(C#N)c1. The van der Waals surface area contributed by atoms with Crippen LogP contribution < -0.4 is 0 Å². The normalized spacial score (nSPS) is 10.6. The van der Waals surface area contributed by atoms with Crippen molar-refractivity contribution in [3.63, 3.8) is 0 Å². The molecule has 0 unspecified atom stereocenters. The lowest BCUT2D eigenvalue weighted by Crippen LogP contribution is -2.20. The van der Waals surface area contributed by atoms with Crippen molar-refractivity contribution < 1.29 is 9.47 Å². The van der Waals surface area contributed by atoms with Gasteiger partial charge in [-0.15, -0.1) is 0 Å². The predicted molar refractivity (Wildman–Crippen MR) is 74.8 cm³/mol. The summed E-state index contributed by atoms with van der Waals surface area (Å²) in [5.74, 6) is 0. The van der Waals surface area contributed by atoms with Gasteiger partial charge < -0.3 is 14.4 Å². The number of nitrogens with zero attached hydrogens (tertiary/aromatic N) is 2. The molecule has 0 spiro atoms. The Kier molecular flexibility index (Phi) is 7.83. The summed E-state index contributed by atoms with van der Waals surface area (Å²) in [4.78, 5) is 2.23. The monoisotopic (exact) mass is 262 g/mol. The van der Waals surface area contributed by atoms with Gasteiger partial charge in [-0.05, 0) is 31.2 Å². The van der Waals surface area contributed by atoms with Crippen molar-refractivity contribution >= 4 is 0 Å². The first kappa shape index (κ1) is 15.6. The Hall–Kier alpha value is -1.41. The molecule has 0 radical (unpaired) electrons. The highest BCUT2D eigenvalue weighted by atomic mass is 16.5. The minimum atomic E-state index is 0.650. The summed E-state index contributed by atoms with van der Waals surface area (Å²) in [5, 5.41) is 8.85. The van der Waals surface area contributed by atoms with E-state index >= 15 is 0 Å². The van der Waals surface area contributed by atoms with Gasteiger partial charge in [-0.1, -0.05) is 12.1 Å². The van der Waals surface area contributed by atoms with Crippen molar-refractivity contribution in [3.8, 4) is 6.07 Å². The van der Waals surface area contributed by atoms with Crippen LogP contribution in [-0.2, 0) is 16.0 Å². The number of nitriles is 1. The molecule has 1 aromatic carbocycles. The smallest absolute Gasteiger partial charge is 0.0991 e. The maximum absolute atomic E-state index is 8.85. The Bertz CT molecular complexity index is 401. The molecule has 1 rings (SSSR count). The average Bonchev–Trinajstić information content (AvgIpc) is 2.43. The minimum Gasteiger partial charge on any atom is -0.382 e. The van der Waals surface area contributed by atoms with Gasteiger partial charge in [0, 0.05) is 26.8 Å². The fourth-order valence-electron chi connectivity index (χ4n) is 1.81. The van der Waals surface area contributed by atoms with Crippen LogP contribution in [0.5, 0.6) is 0 Å². The van der Waals surface area contributed by atoms with E-state index in [-0.39, 0.29) is 0 Å². The van der Waals surface area contributed by atoms with Gasteiger partial charge in [-0.3, -0.25) is 0 Å². The Labute approximate surface area is 115 Å². The van der Waals surface area contributed by atoms with E-state index in [0.29, 0.717) is 18.8 Å². The summed E-state index contributed by atoms with van der Waals surface area (Å²) in [6.45, 7) is 3.89. The summed E-state index contributed by atoms with van der Waals surface area (Å²) < 4.78 is 10.3. The van der Waals surface area contributed by atoms with Crippen molar-refractivity contribution in [1.29, 1.82) is 5.26 Å². The molecule has 0 saturated carbocycles. The zero-order valence-corrected chi connectivity index (χ0v) is 11.8. The van der Waals surface area contributed by atoms with E-state index in [1.54, 1.807) is 7.11 Å². The third-order valence-electron chi connectivity index (χ3n) is 2.77. The molecule has 0 bridgehead atoms. The van der Waals surface area contributed by atoms with E-state index in [1.165, 1.54) is 5.56 Å². The molecule has 1 aromatic rings. The van der Waals surface area contributed by atoms with Crippen molar-refractivity contribution in [2.45, 2.75) is 13.0 Å². The minimum absolute atomic E-state index is 0.650. The Morgan fingerprint density at radius 3 is 2.84 bits per heavy atom. The standard InChI is InChI=1S/C15H22N2O2/c1-17(7-4-8-19-10-9-18-2)13-15-6-3-5-14(11-15)12-16/h3,5-6,11H,4,7-10,13H2,1-2H3. The topological polar surface area (TPSA) is 45.5 Å². The van der Waals surface area contributed by atoms with Crippen LogP contribution in [-0.4, -0.2) is 45.4 Å². The van der Waals surface area contributed by atoms with Gasteiger partial charge in [0.1, 0.15) is 0 Å². The van der Waals surface area contributed by atoms with Crippen molar-refractivity contribution in [1.82, 2.24) is 4.90 Å². The van der Waals surface area contributed by atoms with Crippen LogP contribution in [0.1, 0.15) is 17.5 Å². The molecule has 0 aliphatic rings. The molecule has 0 aliphatic heterocycles. The van der Waals surface area contributed by atoms with Crippen molar-refractivity contribution in [2.75, 3.05) is 40.5 Å². The lowest BCUT2D eigenvalue weighted by Gasteiger charge is -2.16. The molecule has 0 atom stereocenters. The fourth-order valence-corrected chi connectivity index (χ4v) is 1.81. The van der Waals surface area contributed by atoms with Crippen molar-refractivity contribution in [3.05, 3.63) is 35.4 Å². The van der Waals surface area contributed by atoms with Gasteiger partial charge in [0.05, 0.1) is 24.8 Å². The number of rotatable bonds is 9. The summed E-state index contributed by atoms with van der Waals surface area (Å²) in [5.41, 5.74) is 1.88. The first-order valence-corrected chi connectivity index (χ1v) is 6.50. The quantitative estimate of drug-likeness (QED) is 0.639. The second-order valence-electron chi connectivity index (χ2n) is 4.51. The van der Waals surface area contributed by atoms with Crippen LogP contribution in [0.4, 0.5) is 0 Å². The van der Waals surface area contributed by atoms with Crippen LogP contribution >= 0.6 is 0 Å². The van der Waals surface area contributed by atoms with Crippen LogP contribution in [0.15, 0.2) is 24.3 Å². The Morgan fingerprint density at radius 1 is 1.26 bits per heavy atom. The molecule has 4 heteroatoms. The number of hydrogen-bond donors (Lipinski definition) is 0. The van der Waals surface area contributed by atoms with E-state index in [4.69, 9.17) is 14.7 Å². The molecule has 0 saturated heterocycles. The second-order valence-corrected chi connectivity index (χ2v) is 4.51. The summed E-state index contributed by atoms with van der Waals surface area (Å²) in [7, 11) is 3.75. The molecule has 4 nitrogen and oxygen atoms in total. The third kappa shape index (κ3) is 6.92. The number of benzene rings is 1. The zero-order chi connectivity index (χ0) is 13.9. The largest absolute Gasteiger partial charge is 0.382 e. The highest BCUT2D eigenvalue weighted by Crippen LogP contribution is 2.07. The molecular weight excluding hydrogens is 240 g/mol. The molecule has 19 heavy (non-hydrogen) atoms. The maximum atomic E-state index is 8.85. The lowest BCUT2D eigenvalue weighted by atomic mass is 10.1. The van der Waals surface area contributed by atoms with Gasteiger partial charge in [0.2, 0.25) is 0 Å². The van der Waals surface area contributed by atoms with Gasteiger partial charge in [-0.25, -0.2) is 0 Å². The average molecular weight is 262 g/mol. The molecule has 0 fully saturated rings. The van der Waals surface area contributed by atoms with Crippen LogP contribution in [0, 0.1) is 11.3 Å². The highest BCUT2D eigenvalue weighted by Gasteiger charge is 2.01. The highest BCUT2D eigenvalue weighted by molar-refractivity contribution is 5.32. The lowest BCUT2D eigenvalue weighted by molar-refractivity contribution is 0.0660. The zero-order valence-electron chi connectivity index (χ0n) is 11.8. The van der Waals surface area contributed by atoms with Crippen LogP contribution in [0.2, 0.25) is 0 Å². The first-order valence-electron chi connectivity index (χ1n) is 6.50. The van der Waals surface area contributed by atoms with Crippen LogP contribution in [0.25, 0.3) is 0 Å². The number of hydrogen-bond acceptors (Lipinski definition) is 4. The number of methoxy groups -OCH3 is 1. The third-order valence-corrected chi connectivity index (χ3v) is 2.77. The van der Waals surface area contributed by atoms with Gasteiger partial charge in [0.15, 0.2) is 0 Å². The van der Waals surface area contributed by atoms with Gasteiger partial charge in [-0.2, -0.15) is 5.26 Å². The predicted octanol–water partition coefficient (Wildman–Crippen LogP) is 2.04. The second kappa shape index (κ2) is 9.51. The van der Waals surface area contributed by atoms with E-state index in [2.05, 4.69) is 18.0 Å². The summed E-state index contributed by atoms with van der Waals surface area (Å²) >= 11 is 0. The van der Waals surface area contributed by atoms with E-state index in [1.807, 2.05) is 24.3 Å². The molecule has 104 valence electrons. The van der Waals surface area contributed by atoms with Gasteiger partial charge >= 0.3 is 0 Å². The van der Waals surface area contributed by atoms with Crippen LogP contribution in [0.3, 0.4) is 0 Å². The molecule has 0 N–H and O–H groups in total. The fraction of sp³-hybridized carbons (Fsp3) is 0.533. The van der Waals surface area contributed by atoms with Crippen molar-refractivity contribution in [2.24, 2.45) is 0 Å². The maximum Gasteiger partial charge on any atom is 0.0991 e. The Balaban J connectivity index is 2.20. The number of ether oxygens (including phenoxy) is 2. The molecular formula is C15H22N2O2.